The van der Waals surface area contributed by atoms with Crippen LogP contribution in [-0.4, -0.2) is 104 Å². The Bertz CT molecular complexity index is 1610. The second kappa shape index (κ2) is 13.4. The third-order valence-corrected chi connectivity index (χ3v) is 5.99. The third kappa shape index (κ3) is 5.49. The number of aromatic nitrogens is 6. The molecule has 18 heteroatoms. The first-order valence-corrected chi connectivity index (χ1v) is 14.0. The maximum absolute atomic E-state index is 13.4. The molecule has 0 atom stereocenters. The molecule has 0 aliphatic heterocycles. The summed E-state index contributed by atoms with van der Waals surface area (Å²) >= 11 is 0. The molecule has 0 aromatic carbocycles. The van der Waals surface area contributed by atoms with Crippen LogP contribution < -0.4 is 0 Å². The average molecular weight is 631 g/mol. The van der Waals surface area contributed by atoms with Crippen molar-refractivity contribution in [2.24, 2.45) is 0 Å². The first-order chi connectivity index (χ1) is 21.6. The number of hydrogen-bond acceptors (Lipinski definition) is 15. The van der Waals surface area contributed by atoms with Crippen LogP contribution in [0.2, 0.25) is 0 Å². The summed E-state index contributed by atoms with van der Waals surface area (Å²) in [5.41, 5.74) is -3.30. The number of nitrogens with zero attached hydrogens (tertiary/aromatic N) is 6. The van der Waals surface area contributed by atoms with E-state index in [4.69, 9.17) is 28.4 Å². The molecular weight excluding hydrogens is 600 g/mol. The van der Waals surface area contributed by atoms with Gasteiger partial charge in [0.1, 0.15) is 0 Å². The maximum Gasteiger partial charge on any atom is 0.359 e. The molecule has 0 radical (unpaired) electrons. The fraction of sp³-hybridized carbons (Fsp3) is 0.444. The summed E-state index contributed by atoms with van der Waals surface area (Å²) in [4.78, 5) is 92.5. The smallest absolute Gasteiger partial charge is 0.359 e. The molecule has 240 valence electrons. The molecule has 0 amide bonds. The molecule has 4 rings (SSSR count). The summed E-state index contributed by atoms with van der Waals surface area (Å²) in [5, 5.41) is 0. The van der Waals surface area contributed by atoms with Gasteiger partial charge in [0.2, 0.25) is 17.3 Å². The Kier molecular flexibility index (Phi) is 9.63. The number of ether oxygens (including phenoxy) is 6. The Labute approximate surface area is 254 Å². The van der Waals surface area contributed by atoms with Crippen molar-refractivity contribution in [1.29, 1.82) is 0 Å². The molecule has 0 bridgehead atoms. The minimum Gasteiger partial charge on any atom is -0.461 e. The lowest BCUT2D eigenvalue weighted by molar-refractivity contribution is 0.0470. The lowest BCUT2D eigenvalue weighted by Crippen LogP contribution is -2.19. The van der Waals surface area contributed by atoms with E-state index in [1.54, 1.807) is 0 Å². The van der Waals surface area contributed by atoms with E-state index in [9.17, 15) is 28.8 Å². The zero-order valence-corrected chi connectivity index (χ0v) is 25.3. The van der Waals surface area contributed by atoms with E-state index in [1.165, 1.54) is 41.5 Å². The van der Waals surface area contributed by atoms with Gasteiger partial charge in [0.25, 0.3) is 0 Å². The highest BCUT2D eigenvalue weighted by atomic mass is 16.6. The highest BCUT2D eigenvalue weighted by Crippen LogP contribution is 2.28. The third-order valence-electron chi connectivity index (χ3n) is 5.99. The number of rotatable bonds is 12. The minimum atomic E-state index is -1.07. The van der Waals surface area contributed by atoms with Crippen LogP contribution in [-0.2, 0) is 28.4 Å². The van der Waals surface area contributed by atoms with Gasteiger partial charge in [0, 0.05) is 0 Å². The molecule has 0 spiro atoms. The summed E-state index contributed by atoms with van der Waals surface area (Å²) in [7, 11) is 0. The Hall–Kier alpha value is -5.55. The minimum absolute atomic E-state index is 0.102. The highest BCUT2D eigenvalue weighted by Gasteiger charge is 2.38. The summed E-state index contributed by atoms with van der Waals surface area (Å²) in [6.07, 6.45) is 0. The summed E-state index contributed by atoms with van der Waals surface area (Å²) in [6, 6.07) is 0. The number of carbonyl (C=O) groups is 6. The molecule has 0 N–H and O–H groups in total. The molecule has 4 heterocycles. The molecule has 45 heavy (non-hydrogen) atoms. The standard InChI is InChI=1S/C27H30N6O12/c1-7-40-19(34)13-16(22(37)43-10-4)31-25(28-13)32-17(23(38)44-11-5)14(20(35)41-8-2)30-27(32)33-18(24(39)45-12-6)15(29-26(31)33)21(36)42-9-3/h7-12H2,1-6H3. The average Bonchev–Trinajstić information content (AvgIpc) is 3.69. The van der Waals surface area contributed by atoms with E-state index in [0.717, 1.165) is 13.2 Å². The lowest BCUT2D eigenvalue weighted by atomic mass is 10.3. The molecular formula is C27H30N6O12. The fourth-order valence-electron chi connectivity index (χ4n) is 4.43. The lowest BCUT2D eigenvalue weighted by Gasteiger charge is -2.10. The number of imidazole rings is 3. The van der Waals surface area contributed by atoms with Crippen molar-refractivity contribution >= 4 is 53.1 Å². The normalized spacial score (nSPS) is 11.1. The van der Waals surface area contributed by atoms with E-state index in [1.807, 2.05) is 0 Å². The second-order valence-electron chi connectivity index (χ2n) is 8.66. The Morgan fingerprint density at radius 2 is 0.600 bits per heavy atom. The van der Waals surface area contributed by atoms with Crippen molar-refractivity contribution in [3.8, 4) is 0 Å². The zero-order valence-electron chi connectivity index (χ0n) is 25.3. The second-order valence-corrected chi connectivity index (χ2v) is 8.66. The van der Waals surface area contributed by atoms with Crippen LogP contribution in [0.3, 0.4) is 0 Å². The van der Waals surface area contributed by atoms with Crippen LogP contribution >= 0.6 is 0 Å². The molecule has 0 unspecified atom stereocenters. The number of fused-ring (bicyclic) bond motifs is 6. The quantitative estimate of drug-likeness (QED) is 0.161. The summed E-state index contributed by atoms with van der Waals surface area (Å²) in [5.74, 6) is -7.53. The van der Waals surface area contributed by atoms with E-state index in [-0.39, 0.29) is 57.0 Å². The molecule has 0 saturated carbocycles. The predicted octanol–water partition coefficient (Wildman–Crippen LogP) is 1.69. The number of carbonyl (C=O) groups excluding carboxylic acids is 6. The summed E-state index contributed by atoms with van der Waals surface area (Å²) < 4.78 is 33.9. The van der Waals surface area contributed by atoms with Crippen molar-refractivity contribution < 1.29 is 57.2 Å². The molecule has 0 saturated heterocycles. The van der Waals surface area contributed by atoms with Crippen molar-refractivity contribution in [3.05, 3.63) is 34.2 Å². The van der Waals surface area contributed by atoms with E-state index in [2.05, 4.69) is 15.0 Å². The number of esters is 6. The van der Waals surface area contributed by atoms with Crippen LogP contribution in [0.15, 0.2) is 0 Å². The number of hydrogen-bond donors (Lipinski definition) is 0. The van der Waals surface area contributed by atoms with Crippen LogP contribution in [0.25, 0.3) is 17.3 Å². The predicted molar refractivity (Wildman–Crippen MR) is 148 cm³/mol. The largest absolute Gasteiger partial charge is 0.461 e. The first-order valence-electron chi connectivity index (χ1n) is 14.0. The van der Waals surface area contributed by atoms with Gasteiger partial charge in [-0.05, 0) is 41.5 Å². The van der Waals surface area contributed by atoms with Gasteiger partial charge in [-0.2, -0.15) is 0 Å². The Morgan fingerprint density at radius 3 is 0.800 bits per heavy atom. The van der Waals surface area contributed by atoms with E-state index < -0.39 is 70.0 Å². The maximum atomic E-state index is 13.4. The molecule has 4 aromatic heterocycles. The van der Waals surface area contributed by atoms with Crippen molar-refractivity contribution in [1.82, 2.24) is 28.2 Å². The van der Waals surface area contributed by atoms with Gasteiger partial charge in [-0.25, -0.2) is 56.9 Å². The monoisotopic (exact) mass is 630 g/mol. The Balaban J connectivity index is 2.40. The van der Waals surface area contributed by atoms with Gasteiger partial charge in [-0.15, -0.1) is 0 Å². The van der Waals surface area contributed by atoms with Crippen molar-refractivity contribution in [2.45, 2.75) is 41.5 Å². The van der Waals surface area contributed by atoms with Gasteiger partial charge < -0.3 is 28.4 Å². The molecule has 0 aliphatic carbocycles. The van der Waals surface area contributed by atoms with Crippen LogP contribution in [0.4, 0.5) is 0 Å². The first kappa shape index (κ1) is 32.4. The fourth-order valence-corrected chi connectivity index (χ4v) is 4.43. The van der Waals surface area contributed by atoms with Crippen molar-refractivity contribution in [3.63, 3.8) is 0 Å². The molecule has 0 aliphatic rings. The zero-order chi connectivity index (χ0) is 33.0. The van der Waals surface area contributed by atoms with Gasteiger partial charge in [-0.3, -0.25) is 0 Å². The van der Waals surface area contributed by atoms with Gasteiger partial charge in [0.15, 0.2) is 34.2 Å². The van der Waals surface area contributed by atoms with Crippen LogP contribution in [0.1, 0.15) is 104 Å². The van der Waals surface area contributed by atoms with Gasteiger partial charge >= 0.3 is 35.8 Å². The Morgan fingerprint density at radius 1 is 0.400 bits per heavy atom. The van der Waals surface area contributed by atoms with E-state index >= 15 is 0 Å². The van der Waals surface area contributed by atoms with E-state index in [0.29, 0.717) is 0 Å². The SMILES string of the molecule is CCOC(=O)c1nc2n(c1C(=O)OCC)c1nc(C(=O)OCC)c(C(=O)OCC)n1c1nc(C(=O)OCC)c(C(=O)OCC)n21. The van der Waals surface area contributed by atoms with Crippen LogP contribution in [0.5, 0.6) is 0 Å². The molecule has 4 aromatic rings. The van der Waals surface area contributed by atoms with Crippen LogP contribution in [0, 0.1) is 0 Å². The topological polar surface area (TPSA) is 210 Å². The molecule has 18 nitrogen and oxygen atoms in total. The molecule has 0 fully saturated rings. The highest BCUT2D eigenvalue weighted by molar-refractivity contribution is 6.06. The summed E-state index contributed by atoms with van der Waals surface area (Å²) in [6.45, 7) is 8.45. The van der Waals surface area contributed by atoms with Gasteiger partial charge in [-0.1, -0.05) is 0 Å². The van der Waals surface area contributed by atoms with Gasteiger partial charge in [0.05, 0.1) is 39.6 Å². The van der Waals surface area contributed by atoms with Crippen molar-refractivity contribution in [2.75, 3.05) is 39.6 Å².